The molecule has 150 valence electrons. The number of hydrogen-bond donors (Lipinski definition) is 1. The van der Waals surface area contributed by atoms with Gasteiger partial charge in [-0.2, -0.15) is 13.2 Å². The molecule has 4 rings (SSSR count). The van der Waals surface area contributed by atoms with E-state index in [1.807, 2.05) is 0 Å². The van der Waals surface area contributed by atoms with E-state index in [0.717, 1.165) is 17.7 Å². The number of nitrogens with one attached hydrogen (secondary N) is 1. The summed E-state index contributed by atoms with van der Waals surface area (Å²) in [4.78, 5) is 12.3. The Morgan fingerprint density at radius 3 is 2.62 bits per heavy atom. The molecule has 2 aromatic carbocycles. The van der Waals surface area contributed by atoms with Gasteiger partial charge in [-0.3, -0.25) is 10.1 Å². The van der Waals surface area contributed by atoms with Crippen molar-refractivity contribution in [2.24, 2.45) is 0 Å². The lowest BCUT2D eigenvalue weighted by Crippen LogP contribution is -2.11. The van der Waals surface area contributed by atoms with Crippen LogP contribution in [0.2, 0.25) is 0 Å². The first-order valence-corrected chi connectivity index (χ1v) is 10.0. The van der Waals surface area contributed by atoms with Gasteiger partial charge in [-0.05, 0) is 35.9 Å². The molecule has 29 heavy (non-hydrogen) atoms. The number of carbonyl (C=O) groups is 1. The molecule has 11 heteroatoms. The van der Waals surface area contributed by atoms with Crippen LogP contribution in [0.15, 0.2) is 46.8 Å². The Kier molecular flexibility index (Phi) is 5.33. The maximum Gasteiger partial charge on any atom is 0.416 e. The highest BCUT2D eigenvalue weighted by Gasteiger charge is 2.29. The highest BCUT2D eigenvalue weighted by Crippen LogP contribution is 2.34. The molecule has 1 aliphatic heterocycles. The summed E-state index contributed by atoms with van der Waals surface area (Å²) in [5, 5.41) is 10.9. The molecule has 1 aromatic heterocycles. The number of benzene rings is 2. The molecule has 6 nitrogen and oxygen atoms in total. The zero-order valence-electron chi connectivity index (χ0n) is 14.5. The number of fused-ring (bicyclic) bond motifs is 1. The van der Waals surface area contributed by atoms with Crippen LogP contribution in [0.25, 0.3) is 0 Å². The van der Waals surface area contributed by atoms with Gasteiger partial charge in [-0.1, -0.05) is 35.2 Å². The summed E-state index contributed by atoms with van der Waals surface area (Å²) in [6, 6.07) is 9.81. The molecular formula is C18H12F3N3O3S2. The van der Waals surface area contributed by atoms with Gasteiger partial charge in [0.1, 0.15) is 0 Å². The van der Waals surface area contributed by atoms with Crippen LogP contribution in [0.1, 0.15) is 21.5 Å². The van der Waals surface area contributed by atoms with E-state index in [2.05, 4.69) is 15.5 Å². The lowest BCUT2D eigenvalue weighted by Gasteiger charge is -2.06. The van der Waals surface area contributed by atoms with E-state index in [-0.39, 0.29) is 12.7 Å². The maximum atomic E-state index is 12.6. The summed E-state index contributed by atoms with van der Waals surface area (Å²) in [5.41, 5.74) is 0.434. The van der Waals surface area contributed by atoms with E-state index in [1.54, 1.807) is 18.2 Å². The van der Waals surface area contributed by atoms with Crippen molar-refractivity contribution in [3.05, 3.63) is 59.2 Å². The van der Waals surface area contributed by atoms with E-state index in [1.165, 1.54) is 35.2 Å². The molecule has 0 aliphatic carbocycles. The second kappa shape index (κ2) is 7.91. The first kappa shape index (κ1) is 19.5. The normalized spacial score (nSPS) is 12.8. The van der Waals surface area contributed by atoms with E-state index in [9.17, 15) is 18.0 Å². The van der Waals surface area contributed by atoms with Crippen LogP contribution in [0.3, 0.4) is 0 Å². The highest BCUT2D eigenvalue weighted by atomic mass is 32.2. The molecule has 1 aliphatic rings. The van der Waals surface area contributed by atoms with Crippen molar-refractivity contribution < 1.29 is 27.4 Å². The number of halogens is 3. The van der Waals surface area contributed by atoms with E-state index >= 15 is 0 Å². The Morgan fingerprint density at radius 1 is 1.10 bits per heavy atom. The molecule has 0 radical (unpaired) electrons. The second-order valence-electron chi connectivity index (χ2n) is 5.88. The Morgan fingerprint density at radius 2 is 1.86 bits per heavy atom. The molecule has 0 atom stereocenters. The molecule has 0 saturated carbocycles. The third kappa shape index (κ3) is 4.62. The second-order valence-corrected chi connectivity index (χ2v) is 8.08. The minimum atomic E-state index is -4.35. The smallest absolute Gasteiger partial charge is 0.416 e. The Balaban J connectivity index is 1.34. The average molecular weight is 439 g/mol. The van der Waals surface area contributed by atoms with Gasteiger partial charge in [-0.15, -0.1) is 10.2 Å². The van der Waals surface area contributed by atoms with Crippen molar-refractivity contribution in [2.75, 3.05) is 12.1 Å². The Labute approximate surface area is 171 Å². The number of hydrogen-bond acceptors (Lipinski definition) is 7. The van der Waals surface area contributed by atoms with Gasteiger partial charge < -0.3 is 9.47 Å². The van der Waals surface area contributed by atoms with Crippen LogP contribution < -0.4 is 14.8 Å². The molecular weight excluding hydrogens is 427 g/mol. The van der Waals surface area contributed by atoms with Crippen molar-refractivity contribution in [3.8, 4) is 11.5 Å². The molecule has 0 unspecified atom stereocenters. The monoisotopic (exact) mass is 439 g/mol. The molecule has 1 amide bonds. The zero-order chi connectivity index (χ0) is 20.4. The first-order valence-electron chi connectivity index (χ1n) is 8.22. The number of ether oxygens (including phenoxy) is 2. The Bertz CT molecular complexity index is 1040. The third-order valence-electron chi connectivity index (χ3n) is 3.91. The van der Waals surface area contributed by atoms with Crippen LogP contribution in [0.5, 0.6) is 11.5 Å². The lowest BCUT2D eigenvalue weighted by atomic mass is 10.1. The van der Waals surface area contributed by atoms with Crippen LogP contribution in [0.4, 0.5) is 18.3 Å². The van der Waals surface area contributed by atoms with Gasteiger partial charge in [0.2, 0.25) is 11.9 Å². The summed E-state index contributed by atoms with van der Waals surface area (Å²) in [6.45, 7) is 0.121. The fraction of sp³-hybridized carbons (Fsp3) is 0.167. The van der Waals surface area contributed by atoms with Gasteiger partial charge in [0, 0.05) is 11.3 Å². The number of amides is 1. The minimum Gasteiger partial charge on any atom is -0.454 e. The molecule has 0 saturated heterocycles. The number of anilines is 1. The van der Waals surface area contributed by atoms with Crippen molar-refractivity contribution in [3.63, 3.8) is 0 Å². The fourth-order valence-electron chi connectivity index (χ4n) is 2.46. The molecule has 3 aromatic rings. The predicted octanol–water partition coefficient (Wildman–Crippen LogP) is 4.83. The Hall–Kier alpha value is -2.79. The van der Waals surface area contributed by atoms with Gasteiger partial charge >= 0.3 is 6.18 Å². The summed E-state index contributed by atoms with van der Waals surface area (Å²) < 4.78 is 48.8. The fourth-order valence-corrected chi connectivity index (χ4v) is 4.16. The summed E-state index contributed by atoms with van der Waals surface area (Å²) in [7, 11) is 0. The largest absolute Gasteiger partial charge is 0.454 e. The van der Waals surface area contributed by atoms with Gasteiger partial charge in [-0.25, -0.2) is 0 Å². The highest BCUT2D eigenvalue weighted by molar-refractivity contribution is 8.00. The quantitative estimate of drug-likeness (QED) is 0.454. The molecule has 0 fully saturated rings. The first-order chi connectivity index (χ1) is 13.9. The van der Waals surface area contributed by atoms with Crippen molar-refractivity contribution >= 4 is 34.1 Å². The maximum absolute atomic E-state index is 12.6. The van der Waals surface area contributed by atoms with Crippen LogP contribution in [-0.4, -0.2) is 22.9 Å². The van der Waals surface area contributed by atoms with Crippen molar-refractivity contribution in [1.29, 1.82) is 0 Å². The predicted molar refractivity (Wildman–Crippen MR) is 101 cm³/mol. The summed E-state index contributed by atoms with van der Waals surface area (Å²) >= 11 is 2.50. The number of thioether (sulfide) groups is 1. The molecule has 2 heterocycles. The average Bonchev–Trinajstić information content (AvgIpc) is 3.34. The van der Waals surface area contributed by atoms with Crippen LogP contribution in [0, 0.1) is 0 Å². The van der Waals surface area contributed by atoms with Gasteiger partial charge in [0.05, 0.1) is 5.56 Å². The van der Waals surface area contributed by atoms with E-state index in [4.69, 9.17) is 9.47 Å². The number of aromatic nitrogens is 2. The number of alkyl halides is 3. The van der Waals surface area contributed by atoms with Crippen molar-refractivity contribution in [1.82, 2.24) is 10.2 Å². The van der Waals surface area contributed by atoms with E-state index in [0.29, 0.717) is 32.3 Å². The van der Waals surface area contributed by atoms with Crippen molar-refractivity contribution in [2.45, 2.75) is 16.3 Å². The minimum absolute atomic E-state index is 0.121. The summed E-state index contributed by atoms with van der Waals surface area (Å²) in [5.74, 6) is 1.16. The topological polar surface area (TPSA) is 73.3 Å². The standard InChI is InChI=1S/C18H12F3N3O3S2/c19-18(20,21)12-4-1-10(2-5-12)8-28-17-24-23-16(29-17)22-15(25)11-3-6-13-14(7-11)27-9-26-13/h1-7H,8-9H2,(H,22,23,25). The molecule has 0 spiro atoms. The SMILES string of the molecule is O=C(Nc1nnc(SCc2ccc(C(F)(F)F)cc2)s1)c1ccc2c(c1)OCO2. The van der Waals surface area contributed by atoms with Gasteiger partial charge in [0.15, 0.2) is 15.8 Å². The van der Waals surface area contributed by atoms with E-state index < -0.39 is 11.7 Å². The van der Waals surface area contributed by atoms with Crippen LogP contribution in [-0.2, 0) is 11.9 Å². The van der Waals surface area contributed by atoms with Gasteiger partial charge in [0.25, 0.3) is 5.91 Å². The summed E-state index contributed by atoms with van der Waals surface area (Å²) in [6.07, 6.45) is -4.35. The zero-order valence-corrected chi connectivity index (χ0v) is 16.2. The lowest BCUT2D eigenvalue weighted by molar-refractivity contribution is -0.137. The number of nitrogens with zero attached hydrogens (tertiary/aromatic N) is 2. The number of carbonyl (C=O) groups excluding carboxylic acids is 1. The van der Waals surface area contributed by atoms with Crippen LogP contribution >= 0.6 is 23.1 Å². The number of rotatable bonds is 5. The molecule has 0 bridgehead atoms. The third-order valence-corrected chi connectivity index (χ3v) is 5.95. The molecule has 1 N–H and O–H groups in total.